The molecule has 0 spiro atoms. The fourth-order valence-corrected chi connectivity index (χ4v) is 3.80. The zero-order valence-electron chi connectivity index (χ0n) is 14.5. The molecule has 2 aliphatic carbocycles. The van der Waals surface area contributed by atoms with Gasteiger partial charge in [-0.15, -0.1) is 0 Å². The lowest BCUT2D eigenvalue weighted by Crippen LogP contribution is -2.52. The molecule has 0 bridgehead atoms. The Morgan fingerprint density at radius 2 is 2.12 bits per heavy atom. The Kier molecular flexibility index (Phi) is 3.36. The zero-order valence-corrected chi connectivity index (χ0v) is 14.5. The minimum absolute atomic E-state index is 0.0558. The van der Waals surface area contributed by atoms with Crippen molar-refractivity contribution in [3.63, 3.8) is 0 Å². The van der Waals surface area contributed by atoms with Crippen LogP contribution in [-0.2, 0) is 0 Å². The van der Waals surface area contributed by atoms with E-state index >= 15 is 0 Å². The third kappa shape index (κ3) is 2.46. The number of nitrogens with two attached hydrogens (primary N) is 3. The van der Waals surface area contributed by atoms with Gasteiger partial charge in [-0.3, -0.25) is 5.01 Å². The van der Waals surface area contributed by atoms with Gasteiger partial charge in [-0.05, 0) is 63.2 Å². The fourth-order valence-electron chi connectivity index (χ4n) is 3.80. The van der Waals surface area contributed by atoms with E-state index in [1.807, 2.05) is 6.20 Å². The molecule has 2 unspecified atom stereocenters. The maximum atomic E-state index is 6.72. The van der Waals surface area contributed by atoms with E-state index in [2.05, 4.69) is 42.6 Å². The van der Waals surface area contributed by atoms with Crippen LogP contribution in [0.5, 0.6) is 0 Å². The molecule has 6 nitrogen and oxygen atoms in total. The summed E-state index contributed by atoms with van der Waals surface area (Å²) in [5.74, 6) is 6.18. The quantitative estimate of drug-likeness (QED) is 0.461. The highest BCUT2D eigenvalue weighted by molar-refractivity contribution is 5.43. The first kappa shape index (κ1) is 15.7. The van der Waals surface area contributed by atoms with E-state index in [0.717, 1.165) is 32.1 Å². The van der Waals surface area contributed by atoms with Crippen molar-refractivity contribution in [1.29, 1.82) is 0 Å². The molecule has 0 aromatic heterocycles. The topological polar surface area (TPSA) is 96.6 Å². The number of nitrogens with zero attached hydrogens (tertiary/aromatic N) is 2. The molecule has 2 fully saturated rings. The van der Waals surface area contributed by atoms with Gasteiger partial charge in [-0.2, -0.15) is 0 Å². The van der Waals surface area contributed by atoms with Crippen LogP contribution < -0.4 is 22.7 Å². The van der Waals surface area contributed by atoms with E-state index < -0.39 is 5.54 Å². The van der Waals surface area contributed by atoms with Gasteiger partial charge in [0, 0.05) is 18.1 Å². The van der Waals surface area contributed by atoms with Gasteiger partial charge in [0.1, 0.15) is 0 Å². The molecule has 0 saturated heterocycles. The van der Waals surface area contributed by atoms with Crippen LogP contribution in [0.1, 0.15) is 46.0 Å². The van der Waals surface area contributed by atoms with Crippen LogP contribution in [0.25, 0.3) is 0 Å². The molecular weight excluding hydrogens is 300 g/mol. The molecule has 0 radical (unpaired) electrons. The van der Waals surface area contributed by atoms with E-state index in [4.69, 9.17) is 17.3 Å². The maximum absolute atomic E-state index is 6.72. The summed E-state index contributed by atoms with van der Waals surface area (Å²) in [7, 11) is 0. The van der Waals surface area contributed by atoms with Crippen molar-refractivity contribution < 1.29 is 0 Å². The first-order valence-corrected chi connectivity index (χ1v) is 8.76. The smallest absolute Gasteiger partial charge is 0.0611 e. The second-order valence-corrected chi connectivity index (χ2v) is 8.03. The summed E-state index contributed by atoms with van der Waals surface area (Å²) < 4.78 is 0. The third-order valence-corrected chi connectivity index (χ3v) is 5.98. The zero-order chi connectivity index (χ0) is 17.1. The highest BCUT2D eigenvalue weighted by atomic mass is 15.5. The van der Waals surface area contributed by atoms with Gasteiger partial charge in [-0.25, -0.2) is 11.3 Å². The van der Waals surface area contributed by atoms with Crippen LogP contribution in [0, 0.1) is 0 Å². The largest absolute Gasteiger partial charge is 0.399 e. The lowest BCUT2D eigenvalue weighted by molar-refractivity contribution is 0.266. The molecule has 4 aliphatic rings. The molecule has 2 heterocycles. The van der Waals surface area contributed by atoms with E-state index in [1.54, 1.807) is 5.01 Å². The molecule has 0 aromatic carbocycles. The average molecular weight is 328 g/mol. The third-order valence-electron chi connectivity index (χ3n) is 5.98. The van der Waals surface area contributed by atoms with Crippen LogP contribution in [-0.4, -0.2) is 27.1 Å². The molecule has 2 aliphatic heterocycles. The van der Waals surface area contributed by atoms with Gasteiger partial charge >= 0.3 is 0 Å². The number of fused-ring (bicyclic) bond motifs is 2. The molecule has 6 heteroatoms. The van der Waals surface area contributed by atoms with Gasteiger partial charge in [0.15, 0.2) is 0 Å². The summed E-state index contributed by atoms with van der Waals surface area (Å²) in [5.41, 5.74) is 20.7. The van der Waals surface area contributed by atoms with E-state index in [0.29, 0.717) is 11.7 Å². The van der Waals surface area contributed by atoms with Crippen LogP contribution in [0.3, 0.4) is 0 Å². The number of hydrogen-bond donors (Lipinski definition) is 4. The lowest BCUT2D eigenvalue weighted by atomic mass is 9.75. The predicted molar refractivity (Wildman–Crippen MR) is 95.4 cm³/mol. The highest BCUT2D eigenvalue weighted by Crippen LogP contribution is 2.42. The number of hydrazine groups is 2. The van der Waals surface area contributed by atoms with Crippen LogP contribution in [0.2, 0.25) is 0 Å². The average Bonchev–Trinajstić information content (AvgIpc) is 3.19. The minimum Gasteiger partial charge on any atom is -0.399 e. The number of rotatable bonds is 3. The highest BCUT2D eigenvalue weighted by Gasteiger charge is 2.44. The Morgan fingerprint density at radius 1 is 1.38 bits per heavy atom. The molecule has 130 valence electrons. The first-order chi connectivity index (χ1) is 11.3. The van der Waals surface area contributed by atoms with Crippen molar-refractivity contribution in [1.82, 2.24) is 15.4 Å². The standard InChI is InChI=1S/C18H28N6/c1-12-3-4-15-13-9-18(20,6-5-14(13)22-23(15)10-12)16(19)11-24(21)17(2)7-8-17/h3-4,10-11,14,22H,5-9,19-21H2,1-2H3/b16-11-. The van der Waals surface area contributed by atoms with Gasteiger partial charge in [0.25, 0.3) is 0 Å². The Balaban J connectivity index is 1.59. The lowest BCUT2D eigenvalue weighted by Gasteiger charge is -2.38. The van der Waals surface area contributed by atoms with Gasteiger partial charge < -0.3 is 16.5 Å². The fraction of sp³-hybridized carbons (Fsp3) is 0.556. The van der Waals surface area contributed by atoms with Crippen molar-refractivity contribution in [3.05, 3.63) is 47.1 Å². The Labute approximate surface area is 143 Å². The minimum atomic E-state index is -0.524. The number of hydrogen-bond acceptors (Lipinski definition) is 6. The second kappa shape index (κ2) is 5.12. The van der Waals surface area contributed by atoms with Gasteiger partial charge in [0.05, 0.1) is 22.8 Å². The van der Waals surface area contributed by atoms with Gasteiger partial charge in [-0.1, -0.05) is 6.08 Å². The van der Waals surface area contributed by atoms with E-state index in [1.165, 1.54) is 16.8 Å². The van der Waals surface area contributed by atoms with Crippen molar-refractivity contribution in [2.24, 2.45) is 17.3 Å². The van der Waals surface area contributed by atoms with Crippen molar-refractivity contribution in [2.75, 3.05) is 0 Å². The number of allylic oxidation sites excluding steroid dienone is 3. The maximum Gasteiger partial charge on any atom is 0.0611 e. The molecule has 2 atom stereocenters. The molecule has 2 saturated carbocycles. The van der Waals surface area contributed by atoms with Crippen molar-refractivity contribution in [3.8, 4) is 0 Å². The Morgan fingerprint density at radius 3 is 2.83 bits per heavy atom. The van der Waals surface area contributed by atoms with Crippen molar-refractivity contribution in [2.45, 2.75) is 63.1 Å². The first-order valence-electron chi connectivity index (χ1n) is 8.76. The SMILES string of the molecule is CC1=CN2NC3CCC(N)(/C(N)=C/N(N)C4(C)CC4)CC3=C2C=C1. The predicted octanol–water partition coefficient (Wildman–Crippen LogP) is 1.31. The van der Waals surface area contributed by atoms with Crippen LogP contribution in [0.4, 0.5) is 0 Å². The summed E-state index contributed by atoms with van der Waals surface area (Å²) in [4.78, 5) is 0. The second-order valence-electron chi connectivity index (χ2n) is 8.03. The monoisotopic (exact) mass is 328 g/mol. The molecule has 24 heavy (non-hydrogen) atoms. The summed E-state index contributed by atoms with van der Waals surface area (Å²) in [5, 5.41) is 3.88. The summed E-state index contributed by atoms with van der Waals surface area (Å²) in [6, 6.07) is 0.353. The summed E-state index contributed by atoms with van der Waals surface area (Å²) in [6.45, 7) is 4.26. The normalized spacial score (nSPS) is 34.0. The summed E-state index contributed by atoms with van der Waals surface area (Å²) >= 11 is 0. The molecule has 0 amide bonds. The van der Waals surface area contributed by atoms with E-state index in [9.17, 15) is 0 Å². The van der Waals surface area contributed by atoms with Gasteiger partial charge in [0.2, 0.25) is 0 Å². The molecular formula is C18H28N6. The number of nitrogens with one attached hydrogen (secondary N) is 1. The van der Waals surface area contributed by atoms with E-state index in [-0.39, 0.29) is 5.54 Å². The molecule has 7 N–H and O–H groups in total. The Bertz CT molecular complexity index is 684. The molecule has 0 aromatic rings. The van der Waals surface area contributed by atoms with Crippen molar-refractivity contribution >= 4 is 0 Å². The molecule has 4 rings (SSSR count). The summed E-state index contributed by atoms with van der Waals surface area (Å²) in [6.07, 6.45) is 13.1. The van der Waals surface area contributed by atoms with Crippen LogP contribution >= 0.6 is 0 Å². The Hall–Kier alpha value is -1.76. The van der Waals surface area contributed by atoms with Crippen LogP contribution in [0.15, 0.2) is 47.1 Å².